The quantitative estimate of drug-likeness (QED) is 0.506. The van der Waals surface area contributed by atoms with Crippen molar-refractivity contribution in [2.75, 3.05) is 6.54 Å². The van der Waals surface area contributed by atoms with Gasteiger partial charge in [0.25, 0.3) is 0 Å². The van der Waals surface area contributed by atoms with E-state index < -0.39 is 6.04 Å². The van der Waals surface area contributed by atoms with Gasteiger partial charge >= 0.3 is 0 Å². The minimum absolute atomic E-state index is 0.0625. The number of carbonyl (C=O) groups is 2. The van der Waals surface area contributed by atoms with Crippen LogP contribution in [-0.4, -0.2) is 29.3 Å². The number of nitrogens with zero attached hydrogens (tertiary/aromatic N) is 1. The van der Waals surface area contributed by atoms with Crippen LogP contribution in [0.5, 0.6) is 0 Å². The number of hydrogen-bond acceptors (Lipinski definition) is 2. The van der Waals surface area contributed by atoms with Crippen molar-refractivity contribution in [2.24, 2.45) is 0 Å². The minimum atomic E-state index is -0.651. The van der Waals surface area contributed by atoms with Crippen LogP contribution < -0.4 is 5.32 Å². The number of halogens is 3. The van der Waals surface area contributed by atoms with E-state index in [1.165, 1.54) is 4.90 Å². The molecule has 0 aliphatic heterocycles. The number of nitrogens with one attached hydrogen (secondary N) is 1. The summed E-state index contributed by atoms with van der Waals surface area (Å²) < 4.78 is 0. The first kappa shape index (κ1) is 23.5. The monoisotopic (exact) mass is 454 g/mol. The number of benzene rings is 2. The summed E-state index contributed by atoms with van der Waals surface area (Å²) in [6.07, 6.45) is 1.93. The topological polar surface area (TPSA) is 49.4 Å². The van der Waals surface area contributed by atoms with Gasteiger partial charge in [0.05, 0.1) is 6.42 Å². The van der Waals surface area contributed by atoms with Crippen LogP contribution in [0.15, 0.2) is 42.5 Å². The average Bonchev–Trinajstić information content (AvgIpc) is 2.69. The summed E-state index contributed by atoms with van der Waals surface area (Å²) in [6.45, 7) is 4.58. The first-order chi connectivity index (χ1) is 13.8. The molecule has 0 bridgehead atoms. The fourth-order valence-electron chi connectivity index (χ4n) is 2.86. The molecule has 0 fully saturated rings. The minimum Gasteiger partial charge on any atom is -0.354 e. The van der Waals surface area contributed by atoms with Crippen LogP contribution in [0.1, 0.15) is 37.8 Å². The van der Waals surface area contributed by atoms with E-state index in [2.05, 4.69) is 12.2 Å². The van der Waals surface area contributed by atoms with E-state index >= 15 is 0 Å². The number of rotatable bonds is 9. The highest BCUT2D eigenvalue weighted by atomic mass is 35.5. The maximum absolute atomic E-state index is 13.2. The summed E-state index contributed by atoms with van der Waals surface area (Å²) in [5, 5.41) is 4.36. The molecule has 2 rings (SSSR count). The van der Waals surface area contributed by atoms with E-state index in [1.54, 1.807) is 31.2 Å². The lowest BCUT2D eigenvalue weighted by Crippen LogP contribution is -2.48. The van der Waals surface area contributed by atoms with Crippen molar-refractivity contribution in [3.63, 3.8) is 0 Å². The molecular formula is C22H25Cl3N2O2. The van der Waals surface area contributed by atoms with E-state index in [1.807, 2.05) is 18.2 Å². The molecule has 1 N–H and O–H groups in total. The molecule has 0 aliphatic rings. The van der Waals surface area contributed by atoms with Crippen LogP contribution in [-0.2, 0) is 22.6 Å². The van der Waals surface area contributed by atoms with Gasteiger partial charge in [-0.1, -0.05) is 72.4 Å². The fraction of sp³-hybridized carbons (Fsp3) is 0.364. The van der Waals surface area contributed by atoms with Gasteiger partial charge in [0.2, 0.25) is 11.8 Å². The van der Waals surface area contributed by atoms with Gasteiger partial charge in [-0.05, 0) is 42.7 Å². The van der Waals surface area contributed by atoms with Gasteiger partial charge in [0, 0.05) is 28.2 Å². The van der Waals surface area contributed by atoms with Gasteiger partial charge in [0.1, 0.15) is 6.04 Å². The highest BCUT2D eigenvalue weighted by molar-refractivity contribution is 6.35. The van der Waals surface area contributed by atoms with Crippen LogP contribution in [0.4, 0.5) is 0 Å². The summed E-state index contributed by atoms with van der Waals surface area (Å²) in [5.74, 6) is -0.409. The highest BCUT2D eigenvalue weighted by Crippen LogP contribution is 2.24. The zero-order chi connectivity index (χ0) is 21.4. The largest absolute Gasteiger partial charge is 0.354 e. The molecule has 0 spiro atoms. The van der Waals surface area contributed by atoms with Crippen molar-refractivity contribution in [1.29, 1.82) is 0 Å². The molecule has 2 aromatic carbocycles. The molecule has 2 aromatic rings. The lowest BCUT2D eigenvalue weighted by Gasteiger charge is -2.29. The van der Waals surface area contributed by atoms with Gasteiger partial charge in [0.15, 0.2) is 0 Å². The Labute approximate surface area is 187 Å². The zero-order valence-corrected chi connectivity index (χ0v) is 18.8. The summed E-state index contributed by atoms with van der Waals surface area (Å²) in [7, 11) is 0. The standard InChI is InChI=1S/C22H25Cl3N2O2/c1-3-4-11-26-22(29)15(2)27(14-17-7-5-6-8-19(17)24)21(28)12-16-9-10-18(23)13-20(16)25/h5-10,13,15H,3-4,11-12,14H2,1-2H3,(H,26,29)/t15-/m0/s1. The zero-order valence-electron chi connectivity index (χ0n) is 16.6. The second kappa shape index (κ2) is 11.4. The SMILES string of the molecule is CCCCNC(=O)[C@H](C)N(Cc1ccccc1Cl)C(=O)Cc1ccc(Cl)cc1Cl. The molecule has 0 aliphatic carbocycles. The molecule has 0 radical (unpaired) electrons. The Morgan fingerprint density at radius 2 is 1.76 bits per heavy atom. The molecule has 0 saturated heterocycles. The molecule has 0 aromatic heterocycles. The number of amides is 2. The maximum Gasteiger partial charge on any atom is 0.242 e. The van der Waals surface area contributed by atoms with Crippen molar-refractivity contribution in [2.45, 2.75) is 45.7 Å². The second-order valence-electron chi connectivity index (χ2n) is 6.85. The Hall–Kier alpha value is -1.75. The molecule has 4 nitrogen and oxygen atoms in total. The molecule has 29 heavy (non-hydrogen) atoms. The second-order valence-corrected chi connectivity index (χ2v) is 8.10. The summed E-state index contributed by atoms with van der Waals surface area (Å²) in [6, 6.07) is 11.7. The van der Waals surface area contributed by atoms with Gasteiger partial charge in [-0.3, -0.25) is 9.59 Å². The van der Waals surface area contributed by atoms with Crippen molar-refractivity contribution < 1.29 is 9.59 Å². The molecule has 0 saturated carbocycles. The van der Waals surface area contributed by atoms with Gasteiger partial charge in [-0.25, -0.2) is 0 Å². The number of hydrogen-bond donors (Lipinski definition) is 1. The molecule has 7 heteroatoms. The molecule has 2 amide bonds. The predicted molar refractivity (Wildman–Crippen MR) is 120 cm³/mol. The van der Waals surface area contributed by atoms with Gasteiger partial charge in [-0.15, -0.1) is 0 Å². The Morgan fingerprint density at radius 3 is 2.41 bits per heavy atom. The molecule has 0 unspecified atom stereocenters. The maximum atomic E-state index is 13.2. The third-order valence-corrected chi connectivity index (χ3v) is 5.61. The Balaban J connectivity index is 2.23. The Morgan fingerprint density at radius 1 is 1.03 bits per heavy atom. The first-order valence-corrected chi connectivity index (χ1v) is 10.7. The molecule has 1 atom stereocenters. The van der Waals surface area contributed by atoms with Crippen molar-refractivity contribution in [3.05, 3.63) is 68.7 Å². The predicted octanol–water partition coefficient (Wildman–Crippen LogP) is 5.52. The average molecular weight is 456 g/mol. The highest BCUT2D eigenvalue weighted by Gasteiger charge is 2.27. The third kappa shape index (κ3) is 6.91. The lowest BCUT2D eigenvalue weighted by atomic mass is 10.1. The molecule has 0 heterocycles. The van der Waals surface area contributed by atoms with Crippen LogP contribution in [0.2, 0.25) is 15.1 Å². The summed E-state index contributed by atoms with van der Waals surface area (Å²) in [4.78, 5) is 27.3. The summed E-state index contributed by atoms with van der Waals surface area (Å²) >= 11 is 18.5. The smallest absolute Gasteiger partial charge is 0.242 e. The van der Waals surface area contributed by atoms with E-state index in [0.717, 1.165) is 18.4 Å². The number of carbonyl (C=O) groups excluding carboxylic acids is 2. The van der Waals surface area contributed by atoms with Crippen LogP contribution in [0, 0.1) is 0 Å². The lowest BCUT2D eigenvalue weighted by molar-refractivity contribution is -0.140. The first-order valence-electron chi connectivity index (χ1n) is 9.58. The van der Waals surface area contributed by atoms with Gasteiger partial charge < -0.3 is 10.2 Å². The van der Waals surface area contributed by atoms with E-state index in [4.69, 9.17) is 34.8 Å². The van der Waals surface area contributed by atoms with E-state index in [9.17, 15) is 9.59 Å². The Kier molecular flexibility index (Phi) is 9.28. The van der Waals surface area contributed by atoms with Crippen molar-refractivity contribution in [3.8, 4) is 0 Å². The molecular weight excluding hydrogens is 431 g/mol. The van der Waals surface area contributed by atoms with Crippen LogP contribution in [0.25, 0.3) is 0 Å². The normalized spacial score (nSPS) is 11.8. The third-order valence-electron chi connectivity index (χ3n) is 4.65. The van der Waals surface area contributed by atoms with Gasteiger partial charge in [-0.2, -0.15) is 0 Å². The van der Waals surface area contributed by atoms with E-state index in [0.29, 0.717) is 27.2 Å². The molecule has 156 valence electrons. The van der Waals surface area contributed by atoms with Crippen molar-refractivity contribution >= 4 is 46.6 Å². The fourth-order valence-corrected chi connectivity index (χ4v) is 3.53. The summed E-state index contributed by atoms with van der Waals surface area (Å²) in [5.41, 5.74) is 1.43. The van der Waals surface area contributed by atoms with E-state index in [-0.39, 0.29) is 24.8 Å². The number of unbranched alkanes of at least 4 members (excludes halogenated alkanes) is 1. The Bertz CT molecular complexity index is 858. The van der Waals surface area contributed by atoms with Crippen molar-refractivity contribution in [1.82, 2.24) is 10.2 Å². The van der Waals surface area contributed by atoms with Crippen LogP contribution >= 0.6 is 34.8 Å². The van der Waals surface area contributed by atoms with Crippen LogP contribution in [0.3, 0.4) is 0 Å².